The summed E-state index contributed by atoms with van der Waals surface area (Å²) in [5.74, 6) is 0. The summed E-state index contributed by atoms with van der Waals surface area (Å²) in [4.78, 5) is 0. The van der Waals surface area contributed by atoms with Gasteiger partial charge in [-0.2, -0.15) is 12.6 Å². The van der Waals surface area contributed by atoms with Crippen LogP contribution in [-0.2, 0) is 0 Å². The van der Waals surface area contributed by atoms with Gasteiger partial charge in [0.2, 0.25) is 0 Å². The highest BCUT2D eigenvalue weighted by atomic mass is 32.1. The second kappa shape index (κ2) is 5.70. The second-order valence-electron chi connectivity index (χ2n) is 3.03. The Labute approximate surface area is 86.1 Å². The molecule has 0 saturated heterocycles. The van der Waals surface area contributed by atoms with Gasteiger partial charge in [-0.05, 0) is 42.9 Å². The molecule has 0 aromatic rings. The largest absolute Gasteiger partial charge is 0.399 e. The average Bonchev–Trinajstić information content (AvgIpc) is 2.04. The smallest absolute Gasteiger partial charge is 0.0270 e. The molecule has 0 aliphatic heterocycles. The third kappa shape index (κ3) is 4.63. The van der Waals surface area contributed by atoms with Gasteiger partial charge in [0, 0.05) is 5.70 Å². The fourth-order valence-electron chi connectivity index (χ4n) is 0.775. The van der Waals surface area contributed by atoms with Crippen LogP contribution in [0.5, 0.6) is 0 Å². The molecule has 0 aliphatic carbocycles. The SMILES string of the molecule is C=C(N)/C(C)=C/C(C)=C(C)/C=C\S. The Morgan fingerprint density at radius 2 is 1.77 bits per heavy atom. The number of rotatable bonds is 3. The molecule has 0 bridgehead atoms. The van der Waals surface area contributed by atoms with Crippen molar-refractivity contribution in [3.8, 4) is 0 Å². The molecule has 0 heterocycles. The Balaban J connectivity index is 4.80. The minimum absolute atomic E-state index is 0.613. The van der Waals surface area contributed by atoms with Crippen LogP contribution in [0.2, 0.25) is 0 Å². The van der Waals surface area contributed by atoms with Crippen molar-refractivity contribution in [2.75, 3.05) is 0 Å². The lowest BCUT2D eigenvalue weighted by atomic mass is 10.1. The highest BCUT2D eigenvalue weighted by molar-refractivity contribution is 7.83. The molecule has 0 spiro atoms. The molecule has 2 N–H and O–H groups in total. The Morgan fingerprint density at radius 1 is 1.23 bits per heavy atom. The Kier molecular flexibility index (Phi) is 5.31. The van der Waals surface area contributed by atoms with Crippen LogP contribution in [0.4, 0.5) is 0 Å². The third-order valence-electron chi connectivity index (χ3n) is 1.89. The zero-order valence-corrected chi connectivity index (χ0v) is 9.36. The van der Waals surface area contributed by atoms with E-state index < -0.39 is 0 Å². The lowest BCUT2D eigenvalue weighted by Crippen LogP contribution is -1.96. The van der Waals surface area contributed by atoms with Gasteiger partial charge in [0.05, 0.1) is 0 Å². The van der Waals surface area contributed by atoms with Gasteiger partial charge < -0.3 is 5.73 Å². The molecular formula is C11H17NS. The summed E-state index contributed by atoms with van der Waals surface area (Å²) in [5, 5.41) is 1.72. The normalized spacial score (nSPS) is 14.6. The minimum Gasteiger partial charge on any atom is -0.399 e. The molecule has 0 aliphatic rings. The topological polar surface area (TPSA) is 26.0 Å². The number of nitrogens with two attached hydrogens (primary N) is 1. The van der Waals surface area contributed by atoms with E-state index in [2.05, 4.69) is 19.2 Å². The van der Waals surface area contributed by atoms with Gasteiger partial charge in [-0.25, -0.2) is 0 Å². The van der Waals surface area contributed by atoms with Crippen molar-refractivity contribution in [2.24, 2.45) is 5.73 Å². The molecule has 0 radical (unpaired) electrons. The van der Waals surface area contributed by atoms with Gasteiger partial charge >= 0.3 is 0 Å². The van der Waals surface area contributed by atoms with Crippen LogP contribution in [-0.4, -0.2) is 0 Å². The highest BCUT2D eigenvalue weighted by Crippen LogP contribution is 2.11. The zero-order valence-electron chi connectivity index (χ0n) is 8.46. The van der Waals surface area contributed by atoms with Crippen LogP contribution in [0.25, 0.3) is 0 Å². The molecule has 0 aromatic heterocycles. The quantitative estimate of drug-likeness (QED) is 0.525. The molecule has 0 aromatic carbocycles. The van der Waals surface area contributed by atoms with E-state index in [0.29, 0.717) is 5.70 Å². The number of allylic oxidation sites excluding steroid dienone is 5. The minimum atomic E-state index is 0.613. The summed E-state index contributed by atoms with van der Waals surface area (Å²) >= 11 is 4.01. The Bertz CT molecular complexity index is 282. The van der Waals surface area contributed by atoms with Crippen molar-refractivity contribution in [1.82, 2.24) is 0 Å². The Hall–Kier alpha value is -0.890. The zero-order chi connectivity index (χ0) is 10.4. The summed E-state index contributed by atoms with van der Waals surface area (Å²) in [7, 11) is 0. The summed E-state index contributed by atoms with van der Waals surface area (Å²) in [6.45, 7) is 9.69. The summed E-state index contributed by atoms with van der Waals surface area (Å²) in [6, 6.07) is 0. The average molecular weight is 195 g/mol. The van der Waals surface area contributed by atoms with Gasteiger partial charge in [-0.15, -0.1) is 0 Å². The molecule has 0 rings (SSSR count). The first-order chi connectivity index (χ1) is 5.99. The lowest BCUT2D eigenvalue weighted by molar-refractivity contribution is 1.27. The van der Waals surface area contributed by atoms with Crippen LogP contribution in [0.1, 0.15) is 20.8 Å². The van der Waals surface area contributed by atoms with E-state index in [1.807, 2.05) is 32.9 Å². The van der Waals surface area contributed by atoms with E-state index >= 15 is 0 Å². The van der Waals surface area contributed by atoms with Crippen LogP contribution >= 0.6 is 12.6 Å². The van der Waals surface area contributed by atoms with Gasteiger partial charge in [0.25, 0.3) is 0 Å². The highest BCUT2D eigenvalue weighted by Gasteiger charge is 1.93. The van der Waals surface area contributed by atoms with E-state index in [1.165, 1.54) is 11.1 Å². The van der Waals surface area contributed by atoms with Crippen LogP contribution in [0.3, 0.4) is 0 Å². The van der Waals surface area contributed by atoms with Crippen LogP contribution in [0, 0.1) is 0 Å². The van der Waals surface area contributed by atoms with Gasteiger partial charge in [-0.1, -0.05) is 18.7 Å². The second-order valence-corrected chi connectivity index (χ2v) is 3.33. The first-order valence-electron chi connectivity index (χ1n) is 4.10. The van der Waals surface area contributed by atoms with E-state index in [0.717, 1.165) is 5.57 Å². The van der Waals surface area contributed by atoms with E-state index in [9.17, 15) is 0 Å². The molecular weight excluding hydrogens is 178 g/mol. The first-order valence-corrected chi connectivity index (χ1v) is 4.62. The summed E-state index contributed by atoms with van der Waals surface area (Å²) in [5.41, 5.74) is 9.51. The maximum atomic E-state index is 5.54. The molecule has 0 unspecified atom stereocenters. The van der Waals surface area contributed by atoms with E-state index in [-0.39, 0.29) is 0 Å². The molecule has 1 nitrogen and oxygen atoms in total. The number of hydrogen-bond donors (Lipinski definition) is 2. The van der Waals surface area contributed by atoms with Crippen molar-refractivity contribution >= 4 is 12.6 Å². The summed E-state index contributed by atoms with van der Waals surface area (Å²) in [6.07, 6.45) is 3.97. The molecule has 2 heteroatoms. The van der Waals surface area contributed by atoms with Crippen molar-refractivity contribution in [2.45, 2.75) is 20.8 Å². The molecule has 72 valence electrons. The third-order valence-corrected chi connectivity index (χ3v) is 2.04. The van der Waals surface area contributed by atoms with E-state index in [4.69, 9.17) is 5.73 Å². The van der Waals surface area contributed by atoms with Gasteiger partial charge in [-0.3, -0.25) is 0 Å². The fourth-order valence-corrected chi connectivity index (χ4v) is 0.998. The van der Waals surface area contributed by atoms with Crippen LogP contribution in [0.15, 0.2) is 46.6 Å². The van der Waals surface area contributed by atoms with Crippen molar-refractivity contribution in [1.29, 1.82) is 0 Å². The van der Waals surface area contributed by atoms with Crippen LogP contribution < -0.4 is 5.73 Å². The predicted octanol–water partition coefficient (Wildman–Crippen LogP) is 3.19. The lowest BCUT2D eigenvalue weighted by Gasteiger charge is -2.01. The van der Waals surface area contributed by atoms with E-state index in [1.54, 1.807) is 5.41 Å². The van der Waals surface area contributed by atoms with Crippen molar-refractivity contribution in [3.63, 3.8) is 0 Å². The monoisotopic (exact) mass is 195 g/mol. The number of hydrogen-bond acceptors (Lipinski definition) is 2. The van der Waals surface area contributed by atoms with Gasteiger partial charge in [0.1, 0.15) is 0 Å². The maximum Gasteiger partial charge on any atom is 0.0270 e. The Morgan fingerprint density at radius 3 is 2.15 bits per heavy atom. The molecule has 0 amide bonds. The van der Waals surface area contributed by atoms with Crippen molar-refractivity contribution in [3.05, 3.63) is 46.6 Å². The molecule has 0 atom stereocenters. The fraction of sp³-hybridized carbons (Fsp3) is 0.273. The standard InChI is InChI=1S/C11H17NS/c1-8(5-6-13)9(2)7-10(3)11(4)12/h5-7,13H,4,12H2,1-3H3/b6-5-,9-8+,10-7+. The van der Waals surface area contributed by atoms with Gasteiger partial charge in [0.15, 0.2) is 0 Å². The predicted molar refractivity (Wildman–Crippen MR) is 63.6 cm³/mol. The molecule has 13 heavy (non-hydrogen) atoms. The molecule has 0 fully saturated rings. The summed E-state index contributed by atoms with van der Waals surface area (Å²) < 4.78 is 0. The van der Waals surface area contributed by atoms with Crippen molar-refractivity contribution < 1.29 is 0 Å². The maximum absolute atomic E-state index is 5.54. The number of thiol groups is 1. The molecule has 0 saturated carbocycles. The first kappa shape index (κ1) is 12.1.